The van der Waals surface area contributed by atoms with Crippen LogP contribution in [0.4, 0.5) is 4.39 Å². The number of nitrogens with zero attached hydrogens (tertiary/aromatic N) is 1. The first-order valence-corrected chi connectivity index (χ1v) is 6.99. The molecule has 0 spiro atoms. The van der Waals surface area contributed by atoms with Crippen LogP contribution in [0.15, 0.2) is 53.1 Å². The first-order valence-electron chi connectivity index (χ1n) is 5.82. The van der Waals surface area contributed by atoms with Gasteiger partial charge in [0.05, 0.1) is 5.02 Å². The van der Waals surface area contributed by atoms with Crippen LogP contribution in [0.5, 0.6) is 0 Å². The maximum absolute atomic E-state index is 13.4. The third-order valence-corrected chi connectivity index (χ3v) is 4.10. The van der Waals surface area contributed by atoms with E-state index in [2.05, 4.69) is 20.5 Å². The first kappa shape index (κ1) is 12.7. The van der Waals surface area contributed by atoms with Crippen LogP contribution in [0.2, 0.25) is 5.02 Å². The van der Waals surface area contributed by atoms with Gasteiger partial charge in [0.15, 0.2) is 0 Å². The molecular weight excluding hydrogens is 329 g/mol. The van der Waals surface area contributed by atoms with Crippen LogP contribution in [0.25, 0.3) is 10.9 Å². The Morgan fingerprint density at radius 1 is 1.16 bits per heavy atom. The summed E-state index contributed by atoms with van der Waals surface area (Å²) in [6.45, 7) is 0.619. The molecule has 3 rings (SSSR count). The van der Waals surface area contributed by atoms with Crippen molar-refractivity contribution in [2.75, 3.05) is 0 Å². The fraction of sp³-hybridized carbons (Fsp3) is 0.0667. The van der Waals surface area contributed by atoms with Crippen molar-refractivity contribution >= 4 is 38.4 Å². The minimum atomic E-state index is -0.378. The van der Waals surface area contributed by atoms with Gasteiger partial charge in [0, 0.05) is 28.1 Å². The Kier molecular flexibility index (Phi) is 3.33. The van der Waals surface area contributed by atoms with Crippen LogP contribution in [0.1, 0.15) is 5.56 Å². The zero-order valence-corrected chi connectivity index (χ0v) is 12.2. The van der Waals surface area contributed by atoms with Gasteiger partial charge in [-0.3, -0.25) is 0 Å². The molecule has 3 aromatic rings. The molecule has 19 heavy (non-hydrogen) atoms. The molecule has 2 aromatic carbocycles. The fourth-order valence-corrected chi connectivity index (χ4v) is 2.76. The van der Waals surface area contributed by atoms with Crippen LogP contribution in [0.3, 0.4) is 0 Å². The number of fused-ring (bicyclic) bond motifs is 1. The summed E-state index contributed by atoms with van der Waals surface area (Å²) in [5, 5.41) is 1.31. The molecule has 0 aliphatic rings. The van der Waals surface area contributed by atoms with Crippen molar-refractivity contribution in [2.24, 2.45) is 0 Å². The summed E-state index contributed by atoms with van der Waals surface area (Å²) in [5.41, 5.74) is 2.00. The predicted octanol–water partition coefficient (Wildman–Crippen LogP) is 5.24. The predicted molar refractivity (Wildman–Crippen MR) is 80.2 cm³/mol. The van der Waals surface area contributed by atoms with Gasteiger partial charge < -0.3 is 4.57 Å². The van der Waals surface area contributed by atoms with Gasteiger partial charge in [-0.15, -0.1) is 0 Å². The van der Waals surface area contributed by atoms with E-state index in [-0.39, 0.29) is 10.8 Å². The van der Waals surface area contributed by atoms with Crippen molar-refractivity contribution in [1.82, 2.24) is 4.57 Å². The van der Waals surface area contributed by atoms with Gasteiger partial charge in [-0.1, -0.05) is 39.7 Å². The zero-order valence-electron chi connectivity index (χ0n) is 9.91. The molecule has 0 saturated heterocycles. The van der Waals surface area contributed by atoms with Crippen LogP contribution < -0.4 is 0 Å². The molecule has 1 aromatic heterocycles. The van der Waals surface area contributed by atoms with Gasteiger partial charge in [0.25, 0.3) is 0 Å². The van der Waals surface area contributed by atoms with E-state index in [4.69, 9.17) is 11.6 Å². The number of hydrogen-bond acceptors (Lipinski definition) is 0. The third kappa shape index (κ3) is 2.40. The van der Waals surface area contributed by atoms with Crippen molar-refractivity contribution in [3.8, 4) is 0 Å². The van der Waals surface area contributed by atoms with E-state index < -0.39 is 0 Å². The van der Waals surface area contributed by atoms with Gasteiger partial charge >= 0.3 is 0 Å². The van der Waals surface area contributed by atoms with Gasteiger partial charge in [0.2, 0.25) is 0 Å². The van der Waals surface area contributed by atoms with Gasteiger partial charge in [-0.05, 0) is 35.9 Å². The van der Waals surface area contributed by atoms with Gasteiger partial charge in [0.1, 0.15) is 5.82 Å². The summed E-state index contributed by atoms with van der Waals surface area (Å²) in [6, 6.07) is 13.0. The van der Waals surface area contributed by atoms with Gasteiger partial charge in [-0.25, -0.2) is 4.39 Å². The number of aromatic nitrogens is 1. The molecule has 0 atom stereocenters. The van der Waals surface area contributed by atoms with Gasteiger partial charge in [-0.2, -0.15) is 0 Å². The highest BCUT2D eigenvalue weighted by atomic mass is 79.9. The Labute approximate surface area is 123 Å². The molecular formula is C15H10BrClFN. The SMILES string of the molecule is Fc1cc(Cn2ccc3c(Br)cccc32)ccc1Cl. The number of halogens is 3. The third-order valence-electron chi connectivity index (χ3n) is 3.10. The van der Waals surface area contributed by atoms with Crippen molar-refractivity contribution < 1.29 is 4.39 Å². The van der Waals surface area contributed by atoms with E-state index in [1.807, 2.05) is 36.5 Å². The summed E-state index contributed by atoms with van der Waals surface area (Å²) in [7, 11) is 0. The molecule has 0 saturated carbocycles. The Morgan fingerprint density at radius 2 is 2.00 bits per heavy atom. The monoisotopic (exact) mass is 337 g/mol. The minimum Gasteiger partial charge on any atom is -0.343 e. The molecule has 96 valence electrons. The zero-order chi connectivity index (χ0) is 13.4. The average Bonchev–Trinajstić information content (AvgIpc) is 2.79. The average molecular weight is 339 g/mol. The van der Waals surface area contributed by atoms with Crippen LogP contribution in [0, 0.1) is 5.82 Å². The maximum Gasteiger partial charge on any atom is 0.142 e. The lowest BCUT2D eigenvalue weighted by Crippen LogP contribution is -1.98. The first-order chi connectivity index (χ1) is 9.15. The molecule has 0 amide bonds. The normalized spacial score (nSPS) is 11.1. The van der Waals surface area contributed by atoms with Crippen LogP contribution in [-0.2, 0) is 6.54 Å². The molecule has 0 unspecified atom stereocenters. The van der Waals surface area contributed by atoms with E-state index in [0.29, 0.717) is 6.54 Å². The maximum atomic E-state index is 13.4. The highest BCUT2D eigenvalue weighted by molar-refractivity contribution is 9.10. The van der Waals surface area contributed by atoms with Crippen molar-refractivity contribution in [3.05, 3.63) is 69.5 Å². The smallest absolute Gasteiger partial charge is 0.142 e. The quantitative estimate of drug-likeness (QED) is 0.602. The van der Waals surface area contributed by atoms with Crippen LogP contribution in [-0.4, -0.2) is 4.57 Å². The summed E-state index contributed by atoms with van der Waals surface area (Å²) in [5.74, 6) is -0.378. The highest BCUT2D eigenvalue weighted by Crippen LogP contribution is 2.25. The number of hydrogen-bond donors (Lipinski definition) is 0. The van der Waals surface area contributed by atoms with Crippen molar-refractivity contribution in [1.29, 1.82) is 0 Å². The van der Waals surface area contributed by atoms with Crippen molar-refractivity contribution in [3.63, 3.8) is 0 Å². The fourth-order valence-electron chi connectivity index (χ4n) is 2.16. The summed E-state index contributed by atoms with van der Waals surface area (Å²) in [6.07, 6.45) is 2.00. The highest BCUT2D eigenvalue weighted by Gasteiger charge is 2.06. The molecule has 1 nitrogen and oxygen atoms in total. The van der Waals surface area contributed by atoms with E-state index in [1.54, 1.807) is 6.07 Å². The summed E-state index contributed by atoms with van der Waals surface area (Å²) >= 11 is 9.22. The minimum absolute atomic E-state index is 0.156. The Balaban J connectivity index is 2.01. The second-order valence-electron chi connectivity index (χ2n) is 4.36. The summed E-state index contributed by atoms with van der Waals surface area (Å²) < 4.78 is 16.6. The molecule has 1 heterocycles. The second-order valence-corrected chi connectivity index (χ2v) is 5.63. The lowest BCUT2D eigenvalue weighted by Gasteiger charge is -2.07. The molecule has 0 fully saturated rings. The lowest BCUT2D eigenvalue weighted by atomic mass is 10.2. The number of benzene rings is 2. The molecule has 4 heteroatoms. The van der Waals surface area contributed by atoms with E-state index >= 15 is 0 Å². The van der Waals surface area contributed by atoms with E-state index in [0.717, 1.165) is 20.9 Å². The molecule has 0 aliphatic heterocycles. The lowest BCUT2D eigenvalue weighted by molar-refractivity contribution is 0.624. The van der Waals surface area contributed by atoms with Crippen LogP contribution >= 0.6 is 27.5 Å². The summed E-state index contributed by atoms with van der Waals surface area (Å²) in [4.78, 5) is 0. The van der Waals surface area contributed by atoms with Crippen molar-refractivity contribution in [2.45, 2.75) is 6.54 Å². The molecule has 0 bridgehead atoms. The molecule has 0 aliphatic carbocycles. The Morgan fingerprint density at radius 3 is 2.79 bits per heavy atom. The standard InChI is InChI=1S/C15H10BrClFN/c16-12-2-1-3-15-11(12)6-7-19(15)9-10-4-5-13(17)14(18)8-10/h1-8H,9H2. The second kappa shape index (κ2) is 4.99. The largest absolute Gasteiger partial charge is 0.343 e. The topological polar surface area (TPSA) is 4.93 Å². The molecule has 0 N–H and O–H groups in total. The molecule has 0 radical (unpaired) electrons. The van der Waals surface area contributed by atoms with E-state index in [1.165, 1.54) is 6.07 Å². The number of rotatable bonds is 2. The van der Waals surface area contributed by atoms with E-state index in [9.17, 15) is 4.39 Å². The Bertz CT molecular complexity index is 751. The Hall–Kier alpha value is -1.32.